The van der Waals surface area contributed by atoms with E-state index in [2.05, 4.69) is 6.07 Å². The molecular formula is C22H17N3O3S. The number of amides is 3. The summed E-state index contributed by atoms with van der Waals surface area (Å²) in [4.78, 5) is 40.6. The minimum absolute atomic E-state index is 0.235. The molecule has 2 aromatic rings. The zero-order valence-corrected chi connectivity index (χ0v) is 16.3. The van der Waals surface area contributed by atoms with Crippen molar-refractivity contribution in [3.05, 3.63) is 75.7 Å². The molecule has 3 amide bonds. The Bertz CT molecular complexity index is 1070. The Balaban J connectivity index is 1.44. The first kappa shape index (κ1) is 19.0. The van der Waals surface area contributed by atoms with E-state index >= 15 is 0 Å². The summed E-state index contributed by atoms with van der Waals surface area (Å²) in [5, 5.41) is 8.42. The summed E-state index contributed by atoms with van der Waals surface area (Å²) in [6.07, 6.45) is 2.37. The number of hydrogen-bond acceptors (Lipinski definition) is 5. The summed E-state index contributed by atoms with van der Waals surface area (Å²) < 4.78 is 0. The van der Waals surface area contributed by atoms with E-state index in [0.717, 1.165) is 28.6 Å². The largest absolute Gasteiger partial charge is 0.336 e. The highest BCUT2D eigenvalue weighted by molar-refractivity contribution is 8.18. The van der Waals surface area contributed by atoms with Crippen LogP contribution >= 0.6 is 11.8 Å². The van der Waals surface area contributed by atoms with Gasteiger partial charge in [-0.2, -0.15) is 5.26 Å². The first-order chi connectivity index (χ1) is 14.0. The molecule has 0 N–H and O–H groups in total. The number of carbonyl (C=O) groups excluding carboxylic acids is 3. The normalized spacial score (nSPS) is 17.4. The van der Waals surface area contributed by atoms with E-state index in [-0.39, 0.29) is 17.4 Å². The summed E-state index contributed by atoms with van der Waals surface area (Å²) >= 11 is 0.827. The van der Waals surface area contributed by atoms with E-state index in [0.29, 0.717) is 24.2 Å². The lowest BCUT2D eigenvalue weighted by Crippen LogP contribution is -2.44. The number of carbonyl (C=O) groups is 3. The lowest BCUT2D eigenvalue weighted by molar-refractivity contribution is -0.136. The van der Waals surface area contributed by atoms with Gasteiger partial charge in [0.2, 0.25) is 5.91 Å². The monoisotopic (exact) mass is 403 g/mol. The van der Waals surface area contributed by atoms with Gasteiger partial charge < -0.3 is 4.90 Å². The van der Waals surface area contributed by atoms with Gasteiger partial charge in [-0.25, -0.2) is 0 Å². The second-order valence-electron chi connectivity index (χ2n) is 6.84. The molecule has 0 spiro atoms. The molecule has 2 aliphatic rings. The number of imide groups is 1. The van der Waals surface area contributed by atoms with Gasteiger partial charge in [-0.05, 0) is 53.1 Å². The first-order valence-electron chi connectivity index (χ1n) is 9.15. The molecule has 0 saturated carbocycles. The van der Waals surface area contributed by atoms with E-state index in [4.69, 9.17) is 5.26 Å². The van der Waals surface area contributed by atoms with Crippen LogP contribution < -0.4 is 0 Å². The summed E-state index contributed by atoms with van der Waals surface area (Å²) in [5.74, 6) is -0.698. The average Bonchev–Trinajstić information content (AvgIpc) is 3.01. The Morgan fingerprint density at radius 1 is 1.10 bits per heavy atom. The third-order valence-corrected chi connectivity index (χ3v) is 5.90. The number of benzene rings is 2. The minimum atomic E-state index is -0.463. The van der Waals surface area contributed by atoms with Crippen LogP contribution in [0.2, 0.25) is 0 Å². The minimum Gasteiger partial charge on any atom is -0.336 e. The van der Waals surface area contributed by atoms with Crippen LogP contribution in [-0.2, 0) is 22.6 Å². The lowest BCUT2D eigenvalue weighted by atomic mass is 10.00. The molecule has 2 aliphatic heterocycles. The van der Waals surface area contributed by atoms with Crippen LogP contribution in [0.5, 0.6) is 0 Å². The van der Waals surface area contributed by atoms with Crippen molar-refractivity contribution >= 4 is 34.9 Å². The summed E-state index contributed by atoms with van der Waals surface area (Å²) in [6, 6.07) is 16.7. The van der Waals surface area contributed by atoms with Crippen molar-refractivity contribution in [1.29, 1.82) is 5.26 Å². The standard InChI is InChI=1S/C22H17N3O3S/c23-12-16-7-5-15(6-8-16)11-19-21(27)25(22(28)29-19)14-20(26)24-10-9-17-3-1-2-4-18(17)13-24/h1-8,11H,9-10,13-14H2/b19-11+. The van der Waals surface area contributed by atoms with Gasteiger partial charge in [0.25, 0.3) is 11.1 Å². The molecule has 7 heteroatoms. The number of nitriles is 1. The predicted octanol–water partition coefficient (Wildman–Crippen LogP) is 3.18. The quantitative estimate of drug-likeness (QED) is 0.735. The number of thioether (sulfide) groups is 1. The van der Waals surface area contributed by atoms with Gasteiger partial charge in [0.1, 0.15) is 6.54 Å². The van der Waals surface area contributed by atoms with Gasteiger partial charge >= 0.3 is 0 Å². The van der Waals surface area contributed by atoms with Crippen molar-refractivity contribution in [2.24, 2.45) is 0 Å². The van der Waals surface area contributed by atoms with Gasteiger partial charge in [0.05, 0.1) is 16.5 Å². The van der Waals surface area contributed by atoms with Crippen LogP contribution in [0, 0.1) is 11.3 Å². The van der Waals surface area contributed by atoms with Gasteiger partial charge in [-0.15, -0.1) is 0 Å². The molecule has 2 heterocycles. The van der Waals surface area contributed by atoms with Crippen LogP contribution in [0.1, 0.15) is 22.3 Å². The molecule has 0 atom stereocenters. The van der Waals surface area contributed by atoms with Crippen molar-refractivity contribution in [2.75, 3.05) is 13.1 Å². The highest BCUT2D eigenvalue weighted by Gasteiger charge is 2.37. The second-order valence-corrected chi connectivity index (χ2v) is 7.83. The molecule has 29 heavy (non-hydrogen) atoms. The summed E-state index contributed by atoms with van der Waals surface area (Å²) in [5.41, 5.74) is 3.56. The molecule has 2 aromatic carbocycles. The maximum Gasteiger partial charge on any atom is 0.294 e. The Kier molecular flexibility index (Phi) is 5.19. The van der Waals surface area contributed by atoms with Crippen LogP contribution in [0.3, 0.4) is 0 Å². The third kappa shape index (κ3) is 3.93. The van der Waals surface area contributed by atoms with E-state index < -0.39 is 11.1 Å². The number of rotatable bonds is 3. The molecule has 1 saturated heterocycles. The van der Waals surface area contributed by atoms with Crippen molar-refractivity contribution in [1.82, 2.24) is 9.80 Å². The van der Waals surface area contributed by atoms with Crippen molar-refractivity contribution in [2.45, 2.75) is 13.0 Å². The molecule has 4 rings (SSSR count). The van der Waals surface area contributed by atoms with E-state index in [1.807, 2.05) is 24.3 Å². The van der Waals surface area contributed by atoms with Gasteiger partial charge in [0, 0.05) is 13.1 Å². The predicted molar refractivity (Wildman–Crippen MR) is 109 cm³/mol. The Hall–Kier alpha value is -3.37. The van der Waals surface area contributed by atoms with Crippen molar-refractivity contribution in [3.8, 4) is 6.07 Å². The molecule has 0 unspecified atom stereocenters. The topological polar surface area (TPSA) is 81.5 Å². The van der Waals surface area contributed by atoms with Gasteiger partial charge in [-0.1, -0.05) is 36.4 Å². The maximum atomic E-state index is 12.7. The fourth-order valence-corrected chi connectivity index (χ4v) is 4.22. The van der Waals surface area contributed by atoms with Crippen LogP contribution in [0.15, 0.2) is 53.4 Å². The molecular weight excluding hydrogens is 386 g/mol. The fraction of sp³-hybridized carbons (Fsp3) is 0.182. The summed E-state index contributed by atoms with van der Waals surface area (Å²) in [6.45, 7) is 0.816. The second kappa shape index (κ2) is 7.94. The van der Waals surface area contributed by atoms with Crippen LogP contribution in [-0.4, -0.2) is 39.9 Å². The number of nitrogens with zero attached hydrogens (tertiary/aromatic N) is 3. The van der Waals surface area contributed by atoms with Gasteiger partial charge in [-0.3, -0.25) is 19.3 Å². The smallest absolute Gasteiger partial charge is 0.294 e. The molecule has 0 aromatic heterocycles. The Morgan fingerprint density at radius 3 is 2.55 bits per heavy atom. The lowest BCUT2D eigenvalue weighted by Gasteiger charge is -2.29. The first-order valence-corrected chi connectivity index (χ1v) is 9.97. The average molecular weight is 403 g/mol. The number of fused-ring (bicyclic) bond motifs is 1. The molecule has 0 radical (unpaired) electrons. The summed E-state index contributed by atoms with van der Waals surface area (Å²) in [7, 11) is 0. The Labute approximate surface area is 172 Å². The molecule has 144 valence electrons. The maximum absolute atomic E-state index is 12.7. The third-order valence-electron chi connectivity index (χ3n) is 4.99. The zero-order chi connectivity index (χ0) is 20.4. The molecule has 0 bridgehead atoms. The SMILES string of the molecule is N#Cc1ccc(/C=C2/SC(=O)N(CC(=O)N3CCc4ccccc4C3)C2=O)cc1. The van der Waals surface area contributed by atoms with Crippen molar-refractivity contribution in [3.63, 3.8) is 0 Å². The zero-order valence-electron chi connectivity index (χ0n) is 15.5. The van der Waals surface area contributed by atoms with Crippen LogP contribution in [0.25, 0.3) is 6.08 Å². The van der Waals surface area contributed by atoms with Crippen molar-refractivity contribution < 1.29 is 14.4 Å². The fourth-order valence-electron chi connectivity index (χ4n) is 3.39. The van der Waals surface area contributed by atoms with E-state index in [1.54, 1.807) is 35.2 Å². The highest BCUT2D eigenvalue weighted by Crippen LogP contribution is 2.32. The van der Waals surface area contributed by atoms with E-state index in [9.17, 15) is 14.4 Å². The number of hydrogen-bond donors (Lipinski definition) is 0. The highest BCUT2D eigenvalue weighted by atomic mass is 32.2. The molecule has 1 fully saturated rings. The molecule has 6 nitrogen and oxygen atoms in total. The molecule has 0 aliphatic carbocycles. The Morgan fingerprint density at radius 2 is 1.83 bits per heavy atom. The van der Waals surface area contributed by atoms with E-state index in [1.165, 1.54) is 5.56 Å². The van der Waals surface area contributed by atoms with Gasteiger partial charge in [0.15, 0.2) is 0 Å². The van der Waals surface area contributed by atoms with Crippen LogP contribution in [0.4, 0.5) is 4.79 Å².